The summed E-state index contributed by atoms with van der Waals surface area (Å²) in [5, 5.41) is 0. The summed E-state index contributed by atoms with van der Waals surface area (Å²) in [5.74, 6) is 0.654. The lowest BCUT2D eigenvalue weighted by molar-refractivity contribution is 0.183. The van der Waals surface area contributed by atoms with Crippen molar-refractivity contribution in [2.45, 2.75) is 11.4 Å². The Morgan fingerprint density at radius 1 is 1.08 bits per heavy atom. The van der Waals surface area contributed by atoms with Crippen LogP contribution in [0.2, 0.25) is 0 Å². The third-order valence-electron chi connectivity index (χ3n) is 4.04. The fourth-order valence-electron chi connectivity index (χ4n) is 2.68. The summed E-state index contributed by atoms with van der Waals surface area (Å²) in [7, 11) is -1.87. The molecule has 0 radical (unpaired) electrons. The van der Waals surface area contributed by atoms with Gasteiger partial charge in [0.05, 0.1) is 15.8 Å². The topological polar surface area (TPSA) is 49.9 Å². The molecule has 1 aromatic heterocycles. The quantitative estimate of drug-likeness (QED) is 0.731. The first kappa shape index (κ1) is 17.9. The van der Waals surface area contributed by atoms with Gasteiger partial charge in [-0.25, -0.2) is 8.42 Å². The maximum absolute atomic E-state index is 12.7. The van der Waals surface area contributed by atoms with Crippen LogP contribution in [0, 0.1) is 0 Å². The van der Waals surface area contributed by atoms with E-state index in [0.717, 1.165) is 23.4 Å². The van der Waals surface area contributed by atoms with Crippen molar-refractivity contribution in [1.82, 2.24) is 9.21 Å². The van der Waals surface area contributed by atoms with E-state index in [1.165, 1.54) is 4.88 Å². The first-order valence-electron chi connectivity index (χ1n) is 7.60. The van der Waals surface area contributed by atoms with Crippen LogP contribution in [0.5, 0.6) is 5.75 Å². The molecule has 3 rings (SSSR count). The molecule has 0 spiro atoms. The van der Waals surface area contributed by atoms with E-state index in [0.29, 0.717) is 23.7 Å². The van der Waals surface area contributed by atoms with Gasteiger partial charge in [0.1, 0.15) is 5.75 Å². The molecule has 8 heteroatoms. The molecule has 1 fully saturated rings. The highest BCUT2D eigenvalue weighted by Crippen LogP contribution is 2.25. The average Bonchev–Trinajstić information content (AvgIpc) is 3.00. The zero-order valence-electron chi connectivity index (χ0n) is 13.3. The average molecular weight is 431 g/mol. The molecule has 0 bridgehead atoms. The Labute approximate surface area is 155 Å². The van der Waals surface area contributed by atoms with E-state index in [-0.39, 0.29) is 0 Å². The van der Waals surface area contributed by atoms with Gasteiger partial charge in [0.25, 0.3) is 0 Å². The number of hydrogen-bond acceptors (Lipinski definition) is 5. The highest BCUT2D eigenvalue weighted by molar-refractivity contribution is 9.11. The summed E-state index contributed by atoms with van der Waals surface area (Å²) in [4.78, 5) is 3.89. The van der Waals surface area contributed by atoms with Crippen LogP contribution in [0.4, 0.5) is 0 Å². The van der Waals surface area contributed by atoms with Gasteiger partial charge in [-0.3, -0.25) is 4.90 Å². The molecule has 24 heavy (non-hydrogen) atoms. The molecular formula is C16H19BrN2O3S2. The standard InChI is InChI=1S/C16H19BrN2O3S2/c1-22-13-2-5-15(6-3-13)24(20,21)19-10-8-18(9-11-19)12-14-4-7-16(17)23-14/h2-7H,8-12H2,1H3. The van der Waals surface area contributed by atoms with E-state index in [1.807, 2.05) is 6.07 Å². The van der Waals surface area contributed by atoms with Gasteiger partial charge >= 0.3 is 0 Å². The Balaban J connectivity index is 1.62. The Kier molecular flexibility index (Phi) is 5.61. The van der Waals surface area contributed by atoms with E-state index in [1.54, 1.807) is 47.0 Å². The number of rotatable bonds is 5. The van der Waals surface area contributed by atoms with Crippen LogP contribution >= 0.6 is 27.3 Å². The second kappa shape index (κ2) is 7.53. The zero-order valence-corrected chi connectivity index (χ0v) is 16.5. The van der Waals surface area contributed by atoms with Crippen LogP contribution in [0.15, 0.2) is 45.1 Å². The van der Waals surface area contributed by atoms with Crippen molar-refractivity contribution in [3.05, 3.63) is 45.1 Å². The minimum Gasteiger partial charge on any atom is -0.497 e. The number of piperazine rings is 1. The van der Waals surface area contributed by atoms with E-state index < -0.39 is 10.0 Å². The summed E-state index contributed by atoms with van der Waals surface area (Å²) in [6, 6.07) is 10.7. The summed E-state index contributed by atoms with van der Waals surface area (Å²) in [6.07, 6.45) is 0. The van der Waals surface area contributed by atoms with Gasteiger partial charge in [-0.05, 0) is 52.3 Å². The molecule has 0 saturated carbocycles. The van der Waals surface area contributed by atoms with Gasteiger partial charge in [-0.15, -0.1) is 11.3 Å². The molecule has 1 aromatic carbocycles. The number of sulfonamides is 1. The molecule has 130 valence electrons. The van der Waals surface area contributed by atoms with Crippen LogP contribution in [-0.2, 0) is 16.6 Å². The second-order valence-corrected chi connectivity index (χ2v) is 10.0. The molecular weight excluding hydrogens is 412 g/mol. The zero-order chi connectivity index (χ0) is 17.2. The number of thiophene rings is 1. The molecule has 0 amide bonds. The minimum absolute atomic E-state index is 0.318. The van der Waals surface area contributed by atoms with Crippen molar-refractivity contribution < 1.29 is 13.2 Å². The van der Waals surface area contributed by atoms with Crippen LogP contribution in [0.3, 0.4) is 0 Å². The van der Waals surface area contributed by atoms with Crippen molar-refractivity contribution in [1.29, 1.82) is 0 Å². The first-order chi connectivity index (χ1) is 11.5. The number of methoxy groups -OCH3 is 1. The molecule has 0 N–H and O–H groups in total. The summed E-state index contributed by atoms with van der Waals surface area (Å²) in [6.45, 7) is 3.38. The largest absolute Gasteiger partial charge is 0.497 e. The summed E-state index contributed by atoms with van der Waals surface area (Å²) < 4.78 is 33.2. The highest BCUT2D eigenvalue weighted by Gasteiger charge is 2.28. The molecule has 0 unspecified atom stereocenters. The lowest BCUT2D eigenvalue weighted by Gasteiger charge is -2.33. The molecule has 1 saturated heterocycles. The Bertz CT molecular complexity index is 782. The number of ether oxygens (including phenoxy) is 1. The maximum atomic E-state index is 12.7. The molecule has 2 aromatic rings. The van der Waals surface area contributed by atoms with E-state index in [4.69, 9.17) is 4.74 Å². The van der Waals surface area contributed by atoms with Gasteiger partial charge in [-0.1, -0.05) is 0 Å². The number of hydrogen-bond donors (Lipinski definition) is 0. The first-order valence-corrected chi connectivity index (χ1v) is 10.6. The normalized spacial score (nSPS) is 17.1. The van der Waals surface area contributed by atoms with Crippen molar-refractivity contribution in [2.75, 3.05) is 33.3 Å². The SMILES string of the molecule is COc1ccc(S(=O)(=O)N2CCN(Cc3ccc(Br)s3)CC2)cc1. The van der Waals surface area contributed by atoms with Gasteiger partial charge < -0.3 is 4.74 Å². The fourth-order valence-corrected chi connectivity index (χ4v) is 5.63. The van der Waals surface area contributed by atoms with Gasteiger partial charge in [0, 0.05) is 37.6 Å². The van der Waals surface area contributed by atoms with Gasteiger partial charge in [0.15, 0.2) is 0 Å². The summed E-state index contributed by atoms with van der Waals surface area (Å²) >= 11 is 5.19. The minimum atomic E-state index is -3.43. The van der Waals surface area contributed by atoms with Crippen LogP contribution in [-0.4, -0.2) is 50.9 Å². The molecule has 0 atom stereocenters. The van der Waals surface area contributed by atoms with Crippen LogP contribution in [0.1, 0.15) is 4.88 Å². The number of halogens is 1. The van der Waals surface area contributed by atoms with Crippen molar-refractivity contribution in [2.24, 2.45) is 0 Å². The Morgan fingerprint density at radius 3 is 2.29 bits per heavy atom. The lowest BCUT2D eigenvalue weighted by Crippen LogP contribution is -2.48. The van der Waals surface area contributed by atoms with Crippen LogP contribution in [0.25, 0.3) is 0 Å². The summed E-state index contributed by atoms with van der Waals surface area (Å²) in [5.41, 5.74) is 0. The van der Waals surface area contributed by atoms with Crippen molar-refractivity contribution in [3.8, 4) is 5.75 Å². The molecule has 0 aliphatic carbocycles. The lowest BCUT2D eigenvalue weighted by atomic mass is 10.3. The third kappa shape index (κ3) is 4.00. The van der Waals surface area contributed by atoms with Gasteiger partial charge in [0.2, 0.25) is 10.0 Å². The van der Waals surface area contributed by atoms with Gasteiger partial charge in [-0.2, -0.15) is 4.31 Å². The highest BCUT2D eigenvalue weighted by atomic mass is 79.9. The number of benzene rings is 1. The van der Waals surface area contributed by atoms with E-state index in [9.17, 15) is 8.42 Å². The predicted molar refractivity (Wildman–Crippen MR) is 99.0 cm³/mol. The smallest absolute Gasteiger partial charge is 0.243 e. The predicted octanol–water partition coefficient (Wildman–Crippen LogP) is 3.03. The van der Waals surface area contributed by atoms with Crippen molar-refractivity contribution >= 4 is 37.3 Å². The second-order valence-electron chi connectivity index (χ2n) is 5.56. The number of nitrogens with zero attached hydrogens (tertiary/aromatic N) is 2. The Hall–Kier alpha value is -0.930. The monoisotopic (exact) mass is 430 g/mol. The van der Waals surface area contributed by atoms with E-state index >= 15 is 0 Å². The molecule has 1 aliphatic rings. The van der Waals surface area contributed by atoms with Crippen molar-refractivity contribution in [3.63, 3.8) is 0 Å². The third-order valence-corrected chi connectivity index (χ3v) is 7.56. The fraction of sp³-hybridized carbons (Fsp3) is 0.375. The van der Waals surface area contributed by atoms with Crippen LogP contribution < -0.4 is 4.74 Å². The Morgan fingerprint density at radius 2 is 1.75 bits per heavy atom. The molecule has 1 aliphatic heterocycles. The maximum Gasteiger partial charge on any atom is 0.243 e. The molecule has 5 nitrogen and oxygen atoms in total. The van der Waals surface area contributed by atoms with E-state index in [2.05, 4.69) is 26.9 Å². The molecule has 2 heterocycles.